The van der Waals surface area contributed by atoms with Gasteiger partial charge in [-0.3, -0.25) is 0 Å². The average Bonchev–Trinajstić information content (AvgIpc) is 3.23. The summed E-state index contributed by atoms with van der Waals surface area (Å²) in [6.45, 7) is 5.25. The molecule has 8 nitrogen and oxygen atoms in total. The van der Waals surface area contributed by atoms with Crippen LogP contribution in [-0.2, 0) is 6.42 Å². The first kappa shape index (κ1) is 20.0. The molecule has 0 bridgehead atoms. The molecule has 1 aliphatic heterocycles. The highest BCUT2D eigenvalue weighted by atomic mass is 35.5. The van der Waals surface area contributed by atoms with E-state index in [9.17, 15) is 0 Å². The molecule has 10 heteroatoms. The average molecular weight is 455 g/mol. The third-order valence-electron chi connectivity index (χ3n) is 5.34. The summed E-state index contributed by atoms with van der Waals surface area (Å²) in [6.07, 6.45) is 4.16. The zero-order valence-electron chi connectivity index (χ0n) is 16.9. The van der Waals surface area contributed by atoms with Crippen LogP contribution in [0.25, 0.3) is 16.7 Å². The second-order valence-electron chi connectivity index (χ2n) is 7.26. The van der Waals surface area contributed by atoms with Gasteiger partial charge in [0.05, 0.1) is 17.3 Å². The number of hydrogen-bond acceptors (Lipinski definition) is 7. The van der Waals surface area contributed by atoms with Crippen LogP contribution in [0.5, 0.6) is 0 Å². The van der Waals surface area contributed by atoms with Gasteiger partial charge in [0.15, 0.2) is 5.65 Å². The number of rotatable bonds is 4. The van der Waals surface area contributed by atoms with Crippen LogP contribution in [-0.4, -0.2) is 55.9 Å². The van der Waals surface area contributed by atoms with E-state index in [-0.39, 0.29) is 0 Å². The molecule has 0 aliphatic carbocycles. The first-order valence-corrected chi connectivity index (χ1v) is 10.9. The van der Waals surface area contributed by atoms with Crippen LogP contribution in [0.4, 0.5) is 11.6 Å². The highest BCUT2D eigenvalue weighted by molar-refractivity contribution is 6.30. The first-order chi connectivity index (χ1) is 15.1. The third kappa shape index (κ3) is 3.88. The number of halogens is 2. The molecule has 31 heavy (non-hydrogen) atoms. The molecule has 5 rings (SSSR count). The molecule has 1 saturated heterocycles. The summed E-state index contributed by atoms with van der Waals surface area (Å²) >= 11 is 12.3. The second-order valence-corrected chi connectivity index (χ2v) is 8.09. The Morgan fingerprint density at radius 2 is 1.77 bits per heavy atom. The summed E-state index contributed by atoms with van der Waals surface area (Å²) in [5.74, 6) is 2.52. The Morgan fingerprint density at radius 3 is 2.55 bits per heavy atom. The van der Waals surface area contributed by atoms with Crippen molar-refractivity contribution in [2.75, 3.05) is 36.0 Å². The van der Waals surface area contributed by atoms with Gasteiger partial charge >= 0.3 is 0 Å². The summed E-state index contributed by atoms with van der Waals surface area (Å²) in [7, 11) is 0. The maximum absolute atomic E-state index is 6.18. The Balaban J connectivity index is 1.40. The number of piperazine rings is 1. The Labute approximate surface area is 189 Å². The molecule has 0 radical (unpaired) electrons. The molecule has 0 unspecified atom stereocenters. The van der Waals surface area contributed by atoms with E-state index in [1.54, 1.807) is 11.0 Å². The van der Waals surface area contributed by atoms with E-state index in [1.807, 2.05) is 43.5 Å². The van der Waals surface area contributed by atoms with Crippen LogP contribution in [0.1, 0.15) is 12.7 Å². The van der Waals surface area contributed by atoms with Gasteiger partial charge in [0.25, 0.3) is 0 Å². The Morgan fingerprint density at radius 1 is 0.968 bits per heavy atom. The molecule has 4 aromatic rings. The predicted octanol–water partition coefficient (Wildman–Crippen LogP) is 3.80. The number of anilines is 2. The zero-order valence-corrected chi connectivity index (χ0v) is 18.4. The lowest BCUT2D eigenvalue weighted by atomic mass is 10.2. The summed E-state index contributed by atoms with van der Waals surface area (Å²) in [5, 5.41) is 6.59. The van der Waals surface area contributed by atoms with Crippen molar-refractivity contribution in [1.82, 2.24) is 29.7 Å². The molecule has 0 N–H and O–H groups in total. The quantitative estimate of drug-likeness (QED) is 0.434. The second kappa shape index (κ2) is 8.28. The van der Waals surface area contributed by atoms with Gasteiger partial charge in [0.1, 0.15) is 28.9 Å². The topological polar surface area (TPSA) is 75.9 Å². The molecule has 1 aromatic carbocycles. The van der Waals surface area contributed by atoms with Gasteiger partial charge in [0, 0.05) is 43.7 Å². The Hall–Kier alpha value is -2.97. The lowest BCUT2D eigenvalue weighted by Gasteiger charge is -2.36. The van der Waals surface area contributed by atoms with Gasteiger partial charge in [0.2, 0.25) is 0 Å². The molecule has 4 heterocycles. The minimum absolute atomic E-state index is 0.482. The van der Waals surface area contributed by atoms with Gasteiger partial charge in [-0.1, -0.05) is 36.2 Å². The first-order valence-electron chi connectivity index (χ1n) is 10.1. The molecule has 1 fully saturated rings. The molecular formula is C21H20Cl2N8. The van der Waals surface area contributed by atoms with E-state index in [0.29, 0.717) is 10.2 Å². The van der Waals surface area contributed by atoms with Crippen molar-refractivity contribution in [3.05, 3.63) is 58.9 Å². The lowest BCUT2D eigenvalue weighted by Crippen LogP contribution is -2.47. The van der Waals surface area contributed by atoms with Crippen LogP contribution in [0.2, 0.25) is 10.2 Å². The van der Waals surface area contributed by atoms with E-state index in [1.165, 1.54) is 0 Å². The SMILES string of the molecule is CCc1nc(Cl)cc(N2CCN(c3ncnc4c3cnn4-c3cccc(Cl)c3)CC2)n1. The maximum atomic E-state index is 6.18. The highest BCUT2D eigenvalue weighted by Gasteiger charge is 2.23. The van der Waals surface area contributed by atoms with Crippen molar-refractivity contribution in [2.24, 2.45) is 0 Å². The molecule has 1 aliphatic rings. The van der Waals surface area contributed by atoms with Crippen LogP contribution in [0, 0.1) is 0 Å². The van der Waals surface area contributed by atoms with Crippen molar-refractivity contribution in [3.8, 4) is 5.69 Å². The molecule has 0 saturated carbocycles. The van der Waals surface area contributed by atoms with Gasteiger partial charge in [-0.25, -0.2) is 24.6 Å². The number of fused-ring (bicyclic) bond motifs is 1. The smallest absolute Gasteiger partial charge is 0.168 e. The fourth-order valence-electron chi connectivity index (χ4n) is 3.80. The maximum Gasteiger partial charge on any atom is 0.168 e. The van der Waals surface area contributed by atoms with E-state index in [0.717, 1.165) is 66.8 Å². The van der Waals surface area contributed by atoms with E-state index in [4.69, 9.17) is 23.2 Å². The monoisotopic (exact) mass is 454 g/mol. The molecule has 0 amide bonds. The highest BCUT2D eigenvalue weighted by Crippen LogP contribution is 2.27. The number of hydrogen-bond donors (Lipinski definition) is 0. The minimum Gasteiger partial charge on any atom is -0.353 e. The number of nitrogens with zero attached hydrogens (tertiary/aromatic N) is 8. The van der Waals surface area contributed by atoms with Gasteiger partial charge < -0.3 is 9.80 Å². The standard InChI is InChI=1S/C21H20Cl2N8/c1-2-18-27-17(23)11-19(28-18)29-6-8-30(9-7-29)20-16-12-26-31(21(16)25-13-24-20)15-5-3-4-14(22)10-15/h3-5,10-13H,2,6-9H2,1H3. The van der Waals surface area contributed by atoms with Crippen molar-refractivity contribution in [2.45, 2.75) is 13.3 Å². The third-order valence-corrected chi connectivity index (χ3v) is 5.77. The molecule has 0 atom stereocenters. The van der Waals surface area contributed by atoms with E-state index < -0.39 is 0 Å². The number of benzene rings is 1. The Bertz CT molecular complexity index is 1230. The van der Waals surface area contributed by atoms with Crippen molar-refractivity contribution in [1.29, 1.82) is 0 Å². The fraction of sp³-hybridized carbons (Fsp3) is 0.286. The number of aryl methyl sites for hydroxylation is 1. The molecule has 0 spiro atoms. The summed E-state index contributed by atoms with van der Waals surface area (Å²) < 4.78 is 1.79. The van der Waals surface area contributed by atoms with Crippen LogP contribution >= 0.6 is 23.2 Å². The normalized spacial score (nSPS) is 14.4. The molecule has 3 aromatic heterocycles. The predicted molar refractivity (Wildman–Crippen MR) is 123 cm³/mol. The van der Waals surface area contributed by atoms with Crippen molar-refractivity contribution >= 4 is 45.9 Å². The zero-order chi connectivity index (χ0) is 21.4. The summed E-state index contributed by atoms with van der Waals surface area (Å²) in [6, 6.07) is 9.39. The van der Waals surface area contributed by atoms with Gasteiger partial charge in [-0.05, 0) is 18.2 Å². The summed E-state index contributed by atoms with van der Waals surface area (Å²) in [5.41, 5.74) is 1.62. The number of aromatic nitrogens is 6. The molecular weight excluding hydrogens is 435 g/mol. The van der Waals surface area contributed by atoms with E-state index in [2.05, 4.69) is 34.8 Å². The van der Waals surface area contributed by atoms with Gasteiger partial charge in [-0.15, -0.1) is 0 Å². The van der Waals surface area contributed by atoms with Crippen molar-refractivity contribution < 1.29 is 0 Å². The van der Waals surface area contributed by atoms with Gasteiger partial charge in [-0.2, -0.15) is 5.10 Å². The van der Waals surface area contributed by atoms with E-state index >= 15 is 0 Å². The lowest BCUT2D eigenvalue weighted by molar-refractivity contribution is 0.640. The minimum atomic E-state index is 0.482. The van der Waals surface area contributed by atoms with Crippen molar-refractivity contribution in [3.63, 3.8) is 0 Å². The Kier molecular flexibility index (Phi) is 5.33. The fourth-order valence-corrected chi connectivity index (χ4v) is 4.18. The largest absolute Gasteiger partial charge is 0.353 e. The summed E-state index contributed by atoms with van der Waals surface area (Å²) in [4.78, 5) is 22.4. The van der Waals surface area contributed by atoms with Crippen LogP contribution < -0.4 is 9.80 Å². The molecule has 158 valence electrons. The van der Waals surface area contributed by atoms with Crippen LogP contribution in [0.3, 0.4) is 0 Å². The van der Waals surface area contributed by atoms with Crippen LogP contribution in [0.15, 0.2) is 42.9 Å².